The van der Waals surface area contributed by atoms with Gasteiger partial charge in [0, 0.05) is 0 Å². The Labute approximate surface area is 203 Å². The summed E-state index contributed by atoms with van der Waals surface area (Å²) in [5.41, 5.74) is 4.27. The van der Waals surface area contributed by atoms with Crippen LogP contribution < -0.4 is 0 Å². The van der Waals surface area contributed by atoms with Gasteiger partial charge in [-0.3, -0.25) is 0 Å². The normalized spacial score (nSPS) is 17.6. The molecule has 3 aromatic rings. The molecule has 0 aromatic heterocycles. The summed E-state index contributed by atoms with van der Waals surface area (Å²) < 4.78 is 32.5. The van der Waals surface area contributed by atoms with Crippen LogP contribution in [0.4, 0.5) is 13.2 Å². The Bertz CT molecular complexity index is 1250. The van der Waals surface area contributed by atoms with Crippen molar-refractivity contribution in [3.05, 3.63) is 95.6 Å². The summed E-state index contributed by atoms with van der Waals surface area (Å²) in [6.45, 7) is 2.11. The summed E-state index contributed by atoms with van der Waals surface area (Å²) in [7, 11) is 1.80. The van der Waals surface area contributed by atoms with Gasteiger partial charge < -0.3 is 5.11 Å². The van der Waals surface area contributed by atoms with Crippen LogP contribution in [0.25, 0.3) is 11.1 Å². The van der Waals surface area contributed by atoms with Crippen molar-refractivity contribution in [2.24, 2.45) is 4.99 Å². The van der Waals surface area contributed by atoms with E-state index in [9.17, 15) is 18.0 Å². The molecule has 1 heterocycles. The zero-order chi connectivity index (χ0) is 25.1. The van der Waals surface area contributed by atoms with Gasteiger partial charge in [-0.1, -0.05) is 0 Å². The number of amides is 1. The molecule has 2 unspecified atom stereocenters. The maximum Gasteiger partial charge on any atom is 0.490 e. The first kappa shape index (κ1) is 25.2. The van der Waals surface area contributed by atoms with Crippen molar-refractivity contribution in [2.45, 2.75) is 18.6 Å². The van der Waals surface area contributed by atoms with E-state index in [0.29, 0.717) is 0 Å². The number of aliphatic carboxylic acids is 1. The Balaban J connectivity index is 0.000000406. The molecule has 0 radical (unpaired) electrons. The summed E-state index contributed by atoms with van der Waals surface area (Å²) in [6.07, 6.45) is -5.08. The Morgan fingerprint density at radius 2 is 1.53 bits per heavy atom. The largest absolute Gasteiger partial charge is 0.490 e. The summed E-state index contributed by atoms with van der Waals surface area (Å²) in [5, 5.41) is 7.12. The van der Waals surface area contributed by atoms with Crippen molar-refractivity contribution < 1.29 is 27.9 Å². The molecule has 9 heteroatoms. The van der Waals surface area contributed by atoms with Gasteiger partial charge in [-0.05, 0) is 0 Å². The average Bonchev–Trinajstić information content (AvgIpc) is 3.04. The number of carbonyl (C=O) groups excluding carboxylic acids is 1. The molecular weight excluding hydrogens is 508 g/mol. The van der Waals surface area contributed by atoms with Gasteiger partial charge in [0.05, 0.1) is 0 Å². The third-order valence-electron chi connectivity index (χ3n) is 5.41. The van der Waals surface area contributed by atoms with Gasteiger partial charge in [0.25, 0.3) is 0 Å². The second-order valence-electron chi connectivity index (χ2n) is 7.61. The van der Waals surface area contributed by atoms with Crippen LogP contribution in [0.15, 0.2) is 83.9 Å². The molecule has 0 saturated heterocycles. The van der Waals surface area contributed by atoms with E-state index in [1.54, 1.807) is 11.9 Å². The van der Waals surface area contributed by atoms with Crippen LogP contribution in [0, 0.1) is 6.92 Å². The van der Waals surface area contributed by atoms with Gasteiger partial charge in [-0.15, -0.1) is 0 Å². The van der Waals surface area contributed by atoms with Crippen molar-refractivity contribution in [3.8, 4) is 11.1 Å². The Hall–Kier alpha value is -3.38. The molecule has 0 saturated carbocycles. The first-order valence-electron chi connectivity index (χ1n) is 10.1. The summed E-state index contributed by atoms with van der Waals surface area (Å²) >= 11 is 1.36. The molecule has 2 atom stereocenters. The van der Waals surface area contributed by atoms with Crippen molar-refractivity contribution in [3.63, 3.8) is 0 Å². The number of nitrogens with zero attached hydrogens (tertiary/aromatic N) is 2. The molecule has 0 spiro atoms. The minimum absolute atomic E-state index is 0.00462. The fourth-order valence-electron chi connectivity index (χ4n) is 3.67. The smallest absolute Gasteiger partial charge is 0.475 e. The number of aliphatic imine (C=N–C) groups is 1. The van der Waals surface area contributed by atoms with Crippen molar-refractivity contribution in [1.82, 2.24) is 4.90 Å². The molecule has 1 N–H and O–H groups in total. The van der Waals surface area contributed by atoms with Crippen molar-refractivity contribution in [2.75, 3.05) is 7.05 Å². The topological polar surface area (TPSA) is 70.0 Å². The summed E-state index contributed by atoms with van der Waals surface area (Å²) in [5.74, 6) is -2.76. The molecule has 4 rings (SSSR count). The minimum atomic E-state index is -5.08. The average molecular weight is 530 g/mol. The second-order valence-corrected chi connectivity index (χ2v) is 8.69. The van der Waals surface area contributed by atoms with E-state index in [0.717, 1.165) is 21.3 Å². The number of likely N-dealkylation sites (N-methyl/N-ethyl adjacent to an activating group) is 1. The van der Waals surface area contributed by atoms with Crippen LogP contribution >= 0.6 is 0 Å². The molecule has 5 nitrogen and oxygen atoms in total. The van der Waals surface area contributed by atoms with E-state index >= 15 is 0 Å². The Morgan fingerprint density at radius 1 is 0.971 bits per heavy atom. The van der Waals surface area contributed by atoms with Crippen LogP contribution in [0.5, 0.6) is 0 Å². The van der Waals surface area contributed by atoms with Gasteiger partial charge in [0.2, 0.25) is 0 Å². The first-order valence-corrected chi connectivity index (χ1v) is 11.3. The number of rotatable bonds is 3. The minimum Gasteiger partial charge on any atom is -0.475 e. The van der Waals surface area contributed by atoms with E-state index in [2.05, 4.69) is 31.2 Å². The second kappa shape index (κ2) is 9.85. The molecule has 34 heavy (non-hydrogen) atoms. The van der Waals surface area contributed by atoms with Crippen LogP contribution in [-0.2, 0) is 15.1 Å². The third-order valence-corrected chi connectivity index (χ3v) is 6.49. The fraction of sp³-hybridized carbons (Fsp3) is 0.160. The number of amidine groups is 1. The van der Waals surface area contributed by atoms with Crippen LogP contribution in [-0.4, -0.2) is 56.6 Å². The number of carboxylic acids is 1. The van der Waals surface area contributed by atoms with Gasteiger partial charge in [0.1, 0.15) is 0 Å². The molecule has 176 valence electrons. The predicted octanol–water partition coefficient (Wildman–Crippen LogP) is 4.00. The van der Waals surface area contributed by atoms with Gasteiger partial charge in [-0.2, -0.15) is 13.2 Å². The number of alkyl halides is 3. The number of halogens is 3. The van der Waals surface area contributed by atoms with E-state index in [4.69, 9.17) is 14.9 Å². The number of carbonyl (C=O) groups is 2. The third kappa shape index (κ3) is 4.92. The molecule has 1 aliphatic rings. The number of aryl methyl sites for hydroxylation is 1. The van der Waals surface area contributed by atoms with Gasteiger partial charge in [0.15, 0.2) is 0 Å². The standard InChI is InChI=1S/C23H21AsN2O.C2HF3O2/c1-16-9-6-7-14-20(16)17-10-8-13-19(15-17)23(18-11-4-3-5-12-18)21(27)26(2)22(24)25-23;3-2(4,5)1(6)7/h3-15H,24H2,1-2H3;(H,6,7). The van der Waals surface area contributed by atoms with Crippen molar-refractivity contribution in [1.29, 1.82) is 0 Å². The maximum atomic E-state index is 13.4. The molecule has 0 fully saturated rings. The molecule has 0 bridgehead atoms. The first-order chi connectivity index (χ1) is 16.0. The van der Waals surface area contributed by atoms with E-state index < -0.39 is 17.7 Å². The number of hydrogen-bond donors (Lipinski definition) is 1. The quantitative estimate of drug-likeness (QED) is 0.521. The monoisotopic (exact) mass is 530 g/mol. The number of benzene rings is 3. The predicted molar refractivity (Wildman–Crippen MR) is 126 cm³/mol. The molecule has 1 amide bonds. The van der Waals surface area contributed by atoms with Crippen molar-refractivity contribution >= 4 is 33.4 Å². The van der Waals surface area contributed by atoms with E-state index in [1.807, 2.05) is 54.6 Å². The van der Waals surface area contributed by atoms with Crippen LogP contribution in [0.2, 0.25) is 0 Å². The van der Waals surface area contributed by atoms with E-state index in [1.165, 1.54) is 28.0 Å². The molecule has 3 aromatic carbocycles. The van der Waals surface area contributed by atoms with Gasteiger partial charge in [-0.25, -0.2) is 4.79 Å². The Kier molecular flexibility index (Phi) is 7.32. The van der Waals surface area contributed by atoms with Gasteiger partial charge >= 0.3 is 180 Å². The zero-order valence-corrected chi connectivity index (χ0v) is 20.8. The van der Waals surface area contributed by atoms with E-state index in [-0.39, 0.29) is 5.91 Å². The summed E-state index contributed by atoms with van der Waals surface area (Å²) in [4.78, 5) is 28.8. The number of carboxylic acid groups (broad SMARTS) is 1. The summed E-state index contributed by atoms with van der Waals surface area (Å²) in [6, 6.07) is 26.4. The molecule has 1 aliphatic heterocycles. The Morgan fingerprint density at radius 3 is 2.06 bits per heavy atom. The molecule has 0 aliphatic carbocycles. The maximum absolute atomic E-state index is 13.4. The molecular formula is C25H22AsF3N2O3. The van der Waals surface area contributed by atoms with Crippen LogP contribution in [0.3, 0.4) is 0 Å². The van der Waals surface area contributed by atoms with Crippen LogP contribution in [0.1, 0.15) is 16.7 Å². The fourth-order valence-corrected chi connectivity index (χ4v) is 4.32. The SMILES string of the molecule is Cc1ccccc1-c1cccc(C2(c3ccccc3)N=C([AsH2])N(C)C2=O)c1.O=C(O)C(F)(F)F. The number of hydrogen-bond acceptors (Lipinski definition) is 3. The zero-order valence-electron chi connectivity index (χ0n) is 18.4.